The Balaban J connectivity index is 1.75. The zero-order valence-electron chi connectivity index (χ0n) is 16.1. The summed E-state index contributed by atoms with van der Waals surface area (Å²) < 4.78 is 0. The number of para-hydroxylation sites is 1. The highest BCUT2D eigenvalue weighted by Crippen LogP contribution is 2.19. The summed E-state index contributed by atoms with van der Waals surface area (Å²) in [5.74, 6) is 0.753. The van der Waals surface area contributed by atoms with Crippen molar-refractivity contribution in [3.63, 3.8) is 0 Å². The van der Waals surface area contributed by atoms with Gasteiger partial charge >= 0.3 is 0 Å². The van der Waals surface area contributed by atoms with Gasteiger partial charge in [-0.2, -0.15) is 0 Å². The van der Waals surface area contributed by atoms with E-state index in [0.717, 1.165) is 35.8 Å². The smallest absolute Gasteiger partial charge is 0.238 e. The third kappa shape index (κ3) is 6.42. The first-order chi connectivity index (χ1) is 11.8. The van der Waals surface area contributed by atoms with Crippen molar-refractivity contribution in [2.75, 3.05) is 45.1 Å². The summed E-state index contributed by atoms with van der Waals surface area (Å²) in [6, 6.07) is 5.98. The second-order valence-corrected chi connectivity index (χ2v) is 7.65. The molecule has 1 saturated heterocycles. The Bertz CT molecular complexity index is 548. The summed E-state index contributed by atoms with van der Waals surface area (Å²) in [6.45, 7) is 9.88. The molecule has 0 bridgehead atoms. The van der Waals surface area contributed by atoms with Crippen molar-refractivity contribution in [2.45, 2.75) is 39.7 Å². The molecular formula is C20H33N3O2. The number of piperidine rings is 1. The minimum Gasteiger partial charge on any atom is -0.390 e. The van der Waals surface area contributed by atoms with Gasteiger partial charge in [0.25, 0.3) is 0 Å². The summed E-state index contributed by atoms with van der Waals surface area (Å²) in [4.78, 5) is 16.5. The maximum atomic E-state index is 12.3. The predicted molar refractivity (Wildman–Crippen MR) is 103 cm³/mol. The van der Waals surface area contributed by atoms with Crippen LogP contribution in [0.15, 0.2) is 18.2 Å². The molecule has 2 N–H and O–H groups in total. The summed E-state index contributed by atoms with van der Waals surface area (Å²) in [6.07, 6.45) is 1.99. The van der Waals surface area contributed by atoms with Crippen LogP contribution in [0.2, 0.25) is 0 Å². The van der Waals surface area contributed by atoms with Crippen molar-refractivity contribution in [3.8, 4) is 0 Å². The van der Waals surface area contributed by atoms with E-state index < -0.39 is 6.10 Å². The number of aryl methyl sites for hydroxylation is 2. The lowest BCUT2D eigenvalue weighted by molar-refractivity contribution is -0.117. The number of rotatable bonds is 7. The van der Waals surface area contributed by atoms with Crippen molar-refractivity contribution in [1.82, 2.24) is 9.80 Å². The van der Waals surface area contributed by atoms with Gasteiger partial charge in [0.1, 0.15) is 0 Å². The lowest BCUT2D eigenvalue weighted by Crippen LogP contribution is -2.43. The van der Waals surface area contributed by atoms with Crippen LogP contribution in [0.4, 0.5) is 5.69 Å². The quantitative estimate of drug-likeness (QED) is 0.794. The van der Waals surface area contributed by atoms with Crippen LogP contribution in [0.25, 0.3) is 0 Å². The number of benzene rings is 1. The molecule has 5 nitrogen and oxygen atoms in total. The number of amides is 1. The zero-order valence-corrected chi connectivity index (χ0v) is 16.1. The average molecular weight is 348 g/mol. The van der Waals surface area contributed by atoms with Crippen LogP contribution < -0.4 is 5.32 Å². The van der Waals surface area contributed by atoms with Gasteiger partial charge < -0.3 is 15.3 Å². The topological polar surface area (TPSA) is 55.8 Å². The minimum atomic E-state index is -0.425. The maximum absolute atomic E-state index is 12.3. The molecule has 0 saturated carbocycles. The number of β-amino-alcohol motifs (C(OH)–C–C–N with tert-alkyl or cyclic N) is 1. The number of carbonyl (C=O) groups excluding carboxylic acids is 1. The van der Waals surface area contributed by atoms with Crippen molar-refractivity contribution in [3.05, 3.63) is 29.3 Å². The molecule has 0 aromatic heterocycles. The Hall–Kier alpha value is -1.43. The molecule has 5 heteroatoms. The van der Waals surface area contributed by atoms with E-state index >= 15 is 0 Å². The molecule has 1 amide bonds. The van der Waals surface area contributed by atoms with Crippen LogP contribution in [0.5, 0.6) is 0 Å². The molecule has 1 aromatic rings. The van der Waals surface area contributed by atoms with E-state index in [9.17, 15) is 9.90 Å². The molecular weight excluding hydrogens is 314 g/mol. The van der Waals surface area contributed by atoms with E-state index in [0.29, 0.717) is 13.1 Å². The minimum absolute atomic E-state index is 0.0427. The number of carbonyl (C=O) groups is 1. The molecule has 1 aromatic carbocycles. The van der Waals surface area contributed by atoms with Gasteiger partial charge in [-0.25, -0.2) is 0 Å². The number of hydrogen-bond acceptors (Lipinski definition) is 4. The highest BCUT2D eigenvalue weighted by atomic mass is 16.3. The Kier molecular flexibility index (Phi) is 7.41. The molecule has 1 unspecified atom stereocenters. The van der Waals surface area contributed by atoms with Gasteiger partial charge in [0.05, 0.1) is 12.6 Å². The first-order valence-corrected chi connectivity index (χ1v) is 9.30. The number of likely N-dealkylation sites (tertiary alicyclic amines) is 1. The molecule has 1 aliphatic heterocycles. The van der Waals surface area contributed by atoms with Gasteiger partial charge in [-0.3, -0.25) is 9.69 Å². The van der Waals surface area contributed by atoms with Crippen LogP contribution in [0.3, 0.4) is 0 Å². The molecule has 1 aliphatic rings. The fraction of sp³-hybridized carbons (Fsp3) is 0.650. The van der Waals surface area contributed by atoms with Gasteiger partial charge in [0.15, 0.2) is 0 Å². The normalized spacial score (nSPS) is 17.7. The van der Waals surface area contributed by atoms with E-state index in [2.05, 4.69) is 17.1 Å². The Morgan fingerprint density at radius 1 is 1.32 bits per heavy atom. The SMILES string of the molecule is Cc1cccc(C)c1NC(=O)CN(C)CC(O)CN1CCC(C)CC1. The fourth-order valence-electron chi connectivity index (χ4n) is 3.46. The van der Waals surface area contributed by atoms with Gasteiger partial charge in [0.2, 0.25) is 5.91 Å². The Morgan fingerprint density at radius 3 is 2.52 bits per heavy atom. The van der Waals surface area contributed by atoms with Crippen LogP contribution >= 0.6 is 0 Å². The number of anilines is 1. The standard InChI is InChI=1S/C20H33N3O2/c1-15-8-10-23(11-9-15)13-18(24)12-22(4)14-19(25)21-20-16(2)6-5-7-17(20)3/h5-7,15,18,24H,8-14H2,1-4H3,(H,21,25). The van der Waals surface area contributed by atoms with Gasteiger partial charge in [-0.15, -0.1) is 0 Å². The second kappa shape index (κ2) is 9.32. The molecule has 0 radical (unpaired) electrons. The van der Waals surface area contributed by atoms with Gasteiger partial charge in [-0.1, -0.05) is 25.1 Å². The molecule has 1 heterocycles. The van der Waals surface area contributed by atoms with Gasteiger partial charge in [0, 0.05) is 18.8 Å². The second-order valence-electron chi connectivity index (χ2n) is 7.65. The van der Waals surface area contributed by atoms with Crippen molar-refractivity contribution < 1.29 is 9.90 Å². The summed E-state index contributed by atoms with van der Waals surface area (Å²) in [5.41, 5.74) is 3.02. The summed E-state index contributed by atoms with van der Waals surface area (Å²) >= 11 is 0. The Morgan fingerprint density at radius 2 is 1.92 bits per heavy atom. The highest BCUT2D eigenvalue weighted by Gasteiger charge is 2.19. The molecule has 140 valence electrons. The number of aliphatic hydroxyl groups excluding tert-OH is 1. The predicted octanol–water partition coefficient (Wildman–Crippen LogP) is 2.27. The van der Waals surface area contributed by atoms with E-state index in [1.54, 1.807) is 0 Å². The Labute approximate surface area is 152 Å². The number of likely N-dealkylation sites (N-methyl/N-ethyl adjacent to an activating group) is 1. The van der Waals surface area contributed by atoms with Crippen LogP contribution in [-0.4, -0.2) is 66.7 Å². The van der Waals surface area contributed by atoms with E-state index in [4.69, 9.17) is 0 Å². The largest absolute Gasteiger partial charge is 0.390 e. The summed E-state index contributed by atoms with van der Waals surface area (Å²) in [7, 11) is 1.88. The number of aliphatic hydroxyl groups is 1. The average Bonchev–Trinajstić information content (AvgIpc) is 2.53. The maximum Gasteiger partial charge on any atom is 0.238 e. The summed E-state index contributed by atoms with van der Waals surface area (Å²) in [5, 5.41) is 13.3. The van der Waals surface area contributed by atoms with Crippen molar-refractivity contribution in [1.29, 1.82) is 0 Å². The van der Waals surface area contributed by atoms with Crippen LogP contribution in [0, 0.1) is 19.8 Å². The van der Waals surface area contributed by atoms with Crippen LogP contribution in [0.1, 0.15) is 30.9 Å². The van der Waals surface area contributed by atoms with Crippen molar-refractivity contribution in [2.24, 2.45) is 5.92 Å². The molecule has 0 aliphatic carbocycles. The monoisotopic (exact) mass is 347 g/mol. The lowest BCUT2D eigenvalue weighted by atomic mass is 9.99. The number of nitrogens with one attached hydrogen (secondary N) is 1. The molecule has 2 rings (SSSR count). The first-order valence-electron chi connectivity index (χ1n) is 9.30. The van der Waals surface area contributed by atoms with E-state index in [-0.39, 0.29) is 12.5 Å². The fourth-order valence-corrected chi connectivity index (χ4v) is 3.46. The highest BCUT2D eigenvalue weighted by molar-refractivity contribution is 5.93. The zero-order chi connectivity index (χ0) is 18.4. The number of nitrogens with zero attached hydrogens (tertiary/aromatic N) is 2. The molecule has 1 fully saturated rings. The van der Waals surface area contributed by atoms with Crippen molar-refractivity contribution >= 4 is 11.6 Å². The lowest BCUT2D eigenvalue weighted by Gasteiger charge is -2.32. The van der Waals surface area contributed by atoms with E-state index in [1.165, 1.54) is 12.8 Å². The molecule has 0 spiro atoms. The van der Waals surface area contributed by atoms with E-state index in [1.807, 2.05) is 44.0 Å². The third-order valence-corrected chi connectivity index (χ3v) is 5.03. The van der Waals surface area contributed by atoms with Crippen LogP contribution in [-0.2, 0) is 4.79 Å². The third-order valence-electron chi connectivity index (χ3n) is 5.03. The molecule has 25 heavy (non-hydrogen) atoms. The first kappa shape index (κ1) is 19.9. The van der Waals surface area contributed by atoms with Gasteiger partial charge in [-0.05, 0) is 63.9 Å². The number of hydrogen-bond donors (Lipinski definition) is 2. The molecule has 1 atom stereocenters.